The Balaban J connectivity index is 1.71. The zero-order chi connectivity index (χ0) is 19.1. The molecule has 0 heterocycles. The molecule has 0 fully saturated rings. The molecule has 0 saturated heterocycles. The van der Waals surface area contributed by atoms with E-state index in [1.54, 1.807) is 13.3 Å². The van der Waals surface area contributed by atoms with Crippen molar-refractivity contribution in [2.24, 2.45) is 5.10 Å². The average Bonchev–Trinajstić information content (AvgIpc) is 2.69. The number of hydrogen-bond donors (Lipinski definition) is 1. The maximum Gasteiger partial charge on any atom is 0.174 e. The van der Waals surface area contributed by atoms with Gasteiger partial charge in [-0.2, -0.15) is 5.10 Å². The van der Waals surface area contributed by atoms with Gasteiger partial charge >= 0.3 is 0 Å². The van der Waals surface area contributed by atoms with Crippen LogP contribution in [0.3, 0.4) is 0 Å². The van der Waals surface area contributed by atoms with Crippen molar-refractivity contribution in [2.45, 2.75) is 13.5 Å². The van der Waals surface area contributed by atoms with Crippen molar-refractivity contribution in [2.75, 3.05) is 12.5 Å². The van der Waals surface area contributed by atoms with Crippen LogP contribution in [0.2, 0.25) is 0 Å². The molecule has 0 atom stereocenters. The second-order valence-electron chi connectivity index (χ2n) is 6.04. The molecule has 0 aliphatic heterocycles. The SMILES string of the molecule is COc1cc(/C=N/Nc2ccccc2)cc(I)c1OCc1ccc(C)cc1. The Morgan fingerprint density at radius 3 is 2.48 bits per heavy atom. The third-order valence-electron chi connectivity index (χ3n) is 3.94. The highest BCUT2D eigenvalue weighted by molar-refractivity contribution is 14.1. The largest absolute Gasteiger partial charge is 0.493 e. The molecule has 0 spiro atoms. The van der Waals surface area contributed by atoms with Crippen LogP contribution >= 0.6 is 22.6 Å². The zero-order valence-corrected chi connectivity index (χ0v) is 17.4. The molecule has 0 saturated carbocycles. The van der Waals surface area contributed by atoms with Crippen molar-refractivity contribution in [1.82, 2.24) is 0 Å². The van der Waals surface area contributed by atoms with Gasteiger partial charge in [0, 0.05) is 0 Å². The first-order chi connectivity index (χ1) is 13.2. The number of ether oxygens (including phenoxy) is 2. The summed E-state index contributed by atoms with van der Waals surface area (Å²) in [4.78, 5) is 0. The Hall–Kier alpha value is -2.54. The van der Waals surface area contributed by atoms with Crippen LogP contribution in [0.1, 0.15) is 16.7 Å². The van der Waals surface area contributed by atoms with E-state index in [0.717, 1.165) is 26.1 Å². The minimum Gasteiger partial charge on any atom is -0.493 e. The number of methoxy groups -OCH3 is 1. The number of nitrogens with zero attached hydrogens (tertiary/aromatic N) is 1. The lowest BCUT2D eigenvalue weighted by Gasteiger charge is -2.13. The Kier molecular flexibility index (Phi) is 6.70. The van der Waals surface area contributed by atoms with Gasteiger partial charge in [-0.05, 0) is 64.9 Å². The molecule has 0 aromatic heterocycles. The van der Waals surface area contributed by atoms with Crippen LogP contribution in [-0.4, -0.2) is 13.3 Å². The fraction of sp³-hybridized carbons (Fsp3) is 0.136. The molecule has 0 bridgehead atoms. The van der Waals surface area contributed by atoms with E-state index >= 15 is 0 Å². The van der Waals surface area contributed by atoms with Gasteiger partial charge in [-0.1, -0.05) is 48.0 Å². The average molecular weight is 472 g/mol. The van der Waals surface area contributed by atoms with E-state index in [2.05, 4.69) is 64.3 Å². The standard InChI is InChI=1S/C22H21IN2O2/c1-16-8-10-17(11-9-16)15-27-22-20(23)12-18(13-21(22)26-2)14-24-25-19-6-4-3-5-7-19/h3-14,25H,15H2,1-2H3/b24-14+. The minimum atomic E-state index is 0.496. The van der Waals surface area contributed by atoms with Crippen LogP contribution in [0.5, 0.6) is 11.5 Å². The fourth-order valence-electron chi connectivity index (χ4n) is 2.49. The van der Waals surface area contributed by atoms with E-state index < -0.39 is 0 Å². The quantitative estimate of drug-likeness (QED) is 0.275. The first kappa shape index (κ1) is 19.2. The fourth-order valence-corrected chi connectivity index (χ4v) is 3.27. The molecule has 3 aromatic rings. The Morgan fingerprint density at radius 1 is 1.04 bits per heavy atom. The maximum absolute atomic E-state index is 6.02. The summed E-state index contributed by atoms with van der Waals surface area (Å²) in [6.07, 6.45) is 1.77. The van der Waals surface area contributed by atoms with E-state index in [1.807, 2.05) is 42.5 Å². The molecule has 0 aliphatic rings. The summed E-state index contributed by atoms with van der Waals surface area (Å²) in [5.41, 5.74) is 7.24. The molecule has 5 heteroatoms. The molecule has 0 radical (unpaired) electrons. The van der Waals surface area contributed by atoms with Crippen molar-refractivity contribution < 1.29 is 9.47 Å². The molecular weight excluding hydrogens is 451 g/mol. The molecule has 1 N–H and O–H groups in total. The zero-order valence-electron chi connectivity index (χ0n) is 15.3. The first-order valence-electron chi connectivity index (χ1n) is 8.55. The molecular formula is C22H21IN2O2. The lowest BCUT2D eigenvalue weighted by atomic mass is 10.2. The molecule has 138 valence electrons. The summed E-state index contributed by atoms with van der Waals surface area (Å²) in [5, 5.41) is 4.29. The summed E-state index contributed by atoms with van der Waals surface area (Å²) >= 11 is 2.26. The highest BCUT2D eigenvalue weighted by Crippen LogP contribution is 2.34. The van der Waals surface area contributed by atoms with Gasteiger partial charge in [-0.25, -0.2) is 0 Å². The van der Waals surface area contributed by atoms with Crippen molar-refractivity contribution in [3.05, 3.63) is 87.0 Å². The van der Waals surface area contributed by atoms with Gasteiger partial charge in [-0.15, -0.1) is 0 Å². The van der Waals surface area contributed by atoms with Gasteiger partial charge in [0.05, 0.1) is 22.6 Å². The van der Waals surface area contributed by atoms with Crippen LogP contribution in [0.4, 0.5) is 5.69 Å². The van der Waals surface area contributed by atoms with Crippen LogP contribution in [0.15, 0.2) is 71.8 Å². The lowest BCUT2D eigenvalue weighted by Crippen LogP contribution is -2.01. The van der Waals surface area contributed by atoms with Gasteiger partial charge in [0.25, 0.3) is 0 Å². The number of hydrazone groups is 1. The predicted molar refractivity (Wildman–Crippen MR) is 119 cm³/mol. The number of anilines is 1. The van der Waals surface area contributed by atoms with Crippen LogP contribution in [0, 0.1) is 10.5 Å². The predicted octanol–water partition coefficient (Wildman–Crippen LogP) is 5.63. The number of benzene rings is 3. The molecule has 3 aromatic carbocycles. The molecule has 4 nitrogen and oxygen atoms in total. The lowest BCUT2D eigenvalue weighted by molar-refractivity contribution is 0.282. The number of hydrogen-bond acceptors (Lipinski definition) is 4. The van der Waals surface area contributed by atoms with E-state index in [4.69, 9.17) is 9.47 Å². The molecule has 27 heavy (non-hydrogen) atoms. The van der Waals surface area contributed by atoms with Gasteiger partial charge in [0.15, 0.2) is 11.5 Å². The van der Waals surface area contributed by atoms with Gasteiger partial charge in [0.1, 0.15) is 6.61 Å². The third-order valence-corrected chi connectivity index (χ3v) is 4.74. The number of para-hydroxylation sites is 1. The molecule has 3 rings (SSSR count). The summed E-state index contributed by atoms with van der Waals surface area (Å²) < 4.78 is 12.5. The summed E-state index contributed by atoms with van der Waals surface area (Å²) in [6.45, 7) is 2.57. The molecule has 0 aliphatic carbocycles. The van der Waals surface area contributed by atoms with Crippen LogP contribution in [-0.2, 0) is 6.61 Å². The number of nitrogens with one attached hydrogen (secondary N) is 1. The van der Waals surface area contributed by atoms with Crippen LogP contribution in [0.25, 0.3) is 0 Å². The first-order valence-corrected chi connectivity index (χ1v) is 9.63. The second-order valence-corrected chi connectivity index (χ2v) is 7.21. The Labute approximate surface area is 173 Å². The van der Waals surface area contributed by atoms with Crippen molar-refractivity contribution in [1.29, 1.82) is 0 Å². The maximum atomic E-state index is 6.02. The summed E-state index contributed by atoms with van der Waals surface area (Å²) in [7, 11) is 1.65. The number of rotatable bonds is 7. The van der Waals surface area contributed by atoms with Gasteiger partial charge in [0.2, 0.25) is 0 Å². The highest BCUT2D eigenvalue weighted by Gasteiger charge is 2.11. The van der Waals surface area contributed by atoms with E-state index in [9.17, 15) is 0 Å². The van der Waals surface area contributed by atoms with E-state index in [-0.39, 0.29) is 0 Å². The molecule has 0 unspecified atom stereocenters. The number of aryl methyl sites for hydroxylation is 1. The van der Waals surface area contributed by atoms with Crippen molar-refractivity contribution in [3.63, 3.8) is 0 Å². The molecule has 0 amide bonds. The summed E-state index contributed by atoms with van der Waals surface area (Å²) in [6, 6.07) is 22.1. The van der Waals surface area contributed by atoms with Crippen molar-refractivity contribution in [3.8, 4) is 11.5 Å². The second kappa shape index (κ2) is 9.41. The Morgan fingerprint density at radius 2 is 1.78 bits per heavy atom. The number of halogens is 1. The van der Waals surface area contributed by atoms with E-state index in [1.165, 1.54) is 5.56 Å². The van der Waals surface area contributed by atoms with Gasteiger partial charge in [-0.3, -0.25) is 5.43 Å². The highest BCUT2D eigenvalue weighted by atomic mass is 127. The Bertz CT molecular complexity index is 910. The van der Waals surface area contributed by atoms with Crippen LogP contribution < -0.4 is 14.9 Å². The third kappa shape index (κ3) is 5.47. The van der Waals surface area contributed by atoms with Gasteiger partial charge < -0.3 is 9.47 Å². The topological polar surface area (TPSA) is 42.8 Å². The smallest absolute Gasteiger partial charge is 0.174 e. The minimum absolute atomic E-state index is 0.496. The summed E-state index contributed by atoms with van der Waals surface area (Å²) in [5.74, 6) is 1.43. The van der Waals surface area contributed by atoms with E-state index in [0.29, 0.717) is 12.4 Å². The monoisotopic (exact) mass is 472 g/mol. The normalized spacial score (nSPS) is 10.8. The van der Waals surface area contributed by atoms with Crippen molar-refractivity contribution >= 4 is 34.5 Å².